The van der Waals surface area contributed by atoms with Gasteiger partial charge in [0.15, 0.2) is 11.5 Å². The summed E-state index contributed by atoms with van der Waals surface area (Å²) in [6.07, 6.45) is -3.76. The number of halogens is 3. The predicted molar refractivity (Wildman–Crippen MR) is 137 cm³/mol. The molecule has 3 aromatic rings. The van der Waals surface area contributed by atoms with Crippen LogP contribution in [0.2, 0.25) is 0 Å². The first kappa shape index (κ1) is 28.2. The maximum atomic E-state index is 13.3. The van der Waals surface area contributed by atoms with E-state index in [1.165, 1.54) is 45.0 Å². The van der Waals surface area contributed by atoms with E-state index in [4.69, 9.17) is 4.74 Å². The normalized spacial score (nSPS) is 13.3. The average Bonchev–Trinajstić information content (AvgIpc) is 3.20. The van der Waals surface area contributed by atoms with Crippen LogP contribution in [0.15, 0.2) is 41.7 Å². The summed E-state index contributed by atoms with van der Waals surface area (Å²) >= 11 is 0. The van der Waals surface area contributed by atoms with Gasteiger partial charge in [0.25, 0.3) is 5.91 Å². The van der Waals surface area contributed by atoms with E-state index >= 15 is 0 Å². The summed E-state index contributed by atoms with van der Waals surface area (Å²) in [7, 11) is 0. The summed E-state index contributed by atoms with van der Waals surface area (Å²) in [4.78, 5) is 51.7. The topological polar surface area (TPSA) is 133 Å². The number of aromatic nitrogens is 4. The zero-order valence-corrected chi connectivity index (χ0v) is 21.2. The van der Waals surface area contributed by atoms with Crippen LogP contribution < -0.4 is 26.1 Å². The summed E-state index contributed by atoms with van der Waals surface area (Å²) in [5.74, 6) is 2.17. The Morgan fingerprint density at radius 2 is 1.93 bits per heavy atom. The highest BCUT2D eigenvalue weighted by Gasteiger charge is 2.42. The fourth-order valence-electron chi connectivity index (χ4n) is 3.96. The molecular formula is C25H24F3N7O5. The molecule has 0 bridgehead atoms. The summed E-state index contributed by atoms with van der Waals surface area (Å²) < 4.78 is 46.1. The first-order valence-corrected chi connectivity index (χ1v) is 12.0. The molecule has 0 atom stereocenters. The minimum absolute atomic E-state index is 0.0955. The summed E-state index contributed by atoms with van der Waals surface area (Å²) in [5, 5.41) is 3.25. The van der Waals surface area contributed by atoms with E-state index < -0.39 is 18.1 Å². The second-order valence-electron chi connectivity index (χ2n) is 8.35. The Morgan fingerprint density at radius 3 is 2.60 bits per heavy atom. The minimum Gasteiger partial charge on any atom is -0.423 e. The number of carbonyl (C=O) groups excluding carboxylic acids is 2. The van der Waals surface area contributed by atoms with Crippen LogP contribution in [0.5, 0.6) is 11.8 Å². The number of anilines is 1. The fourth-order valence-corrected chi connectivity index (χ4v) is 3.96. The molecule has 1 fully saturated rings. The Kier molecular flexibility index (Phi) is 8.39. The van der Waals surface area contributed by atoms with E-state index in [0.29, 0.717) is 37.5 Å². The standard InChI is InChI=1S/C25H24F3N7O5/c1-3-5-13-34-18-19(33-14-10-29-11-15-33)30-23(31-20(18)35(12-4-2)24(34)38)39-17-9-7-6-8-16(17)21(36)32-40-22(37)25(26,27)28/h4,6-9,29H,2,10-15H2,1H3,(H,32,36). The molecule has 1 amide bonds. The van der Waals surface area contributed by atoms with Crippen molar-refractivity contribution in [2.75, 3.05) is 31.1 Å². The molecule has 2 aromatic heterocycles. The Labute approximate surface area is 225 Å². The van der Waals surface area contributed by atoms with Gasteiger partial charge < -0.3 is 19.8 Å². The van der Waals surface area contributed by atoms with Gasteiger partial charge in [0, 0.05) is 32.7 Å². The van der Waals surface area contributed by atoms with Crippen LogP contribution in [0.4, 0.5) is 19.0 Å². The van der Waals surface area contributed by atoms with Crippen molar-refractivity contribution in [2.24, 2.45) is 0 Å². The van der Waals surface area contributed by atoms with Crippen molar-refractivity contribution in [3.8, 4) is 23.6 Å². The maximum absolute atomic E-state index is 13.3. The molecule has 3 heterocycles. The first-order valence-electron chi connectivity index (χ1n) is 12.0. The van der Waals surface area contributed by atoms with Crippen LogP contribution in [0, 0.1) is 11.8 Å². The van der Waals surface area contributed by atoms with Crippen LogP contribution >= 0.6 is 0 Å². The number of nitrogens with one attached hydrogen (secondary N) is 2. The van der Waals surface area contributed by atoms with Crippen molar-refractivity contribution in [2.45, 2.75) is 26.2 Å². The summed E-state index contributed by atoms with van der Waals surface area (Å²) in [5.41, 5.74) is 1.50. The van der Waals surface area contributed by atoms with E-state index in [1.807, 2.05) is 4.90 Å². The van der Waals surface area contributed by atoms with Gasteiger partial charge in [-0.15, -0.1) is 12.5 Å². The number of amides is 1. The molecule has 0 aliphatic carbocycles. The number of carbonyl (C=O) groups is 2. The fraction of sp³-hybridized carbons (Fsp3) is 0.320. The Bertz CT molecular complexity index is 1560. The molecule has 1 aliphatic rings. The van der Waals surface area contributed by atoms with Crippen molar-refractivity contribution in [3.05, 3.63) is 53.0 Å². The molecule has 0 spiro atoms. The van der Waals surface area contributed by atoms with Gasteiger partial charge in [-0.2, -0.15) is 28.6 Å². The van der Waals surface area contributed by atoms with E-state index in [9.17, 15) is 27.6 Å². The number of imidazole rings is 1. The number of piperazine rings is 1. The molecule has 0 unspecified atom stereocenters. The third-order valence-electron chi connectivity index (χ3n) is 5.76. The third-order valence-corrected chi connectivity index (χ3v) is 5.76. The second kappa shape index (κ2) is 11.9. The van der Waals surface area contributed by atoms with Crippen molar-refractivity contribution >= 4 is 28.9 Å². The molecule has 1 saturated heterocycles. The van der Waals surface area contributed by atoms with Gasteiger partial charge >= 0.3 is 23.8 Å². The SMILES string of the molecule is C=CCn1c(=O)n(CC#CC)c2c(N3CCNCC3)nc(Oc3ccccc3C(=O)NOC(=O)C(F)(F)F)nc21. The zero-order chi connectivity index (χ0) is 28.9. The Morgan fingerprint density at radius 1 is 1.20 bits per heavy atom. The van der Waals surface area contributed by atoms with Crippen LogP contribution in [0.25, 0.3) is 11.2 Å². The third kappa shape index (κ3) is 5.91. The van der Waals surface area contributed by atoms with Gasteiger partial charge in [-0.1, -0.05) is 24.1 Å². The van der Waals surface area contributed by atoms with Crippen LogP contribution in [0.1, 0.15) is 17.3 Å². The number of hydrogen-bond donors (Lipinski definition) is 2. The highest BCUT2D eigenvalue weighted by atomic mass is 19.4. The smallest absolute Gasteiger partial charge is 0.423 e. The second-order valence-corrected chi connectivity index (χ2v) is 8.35. The lowest BCUT2D eigenvalue weighted by Gasteiger charge is -2.29. The van der Waals surface area contributed by atoms with Crippen LogP contribution in [0.3, 0.4) is 0 Å². The molecule has 1 aliphatic heterocycles. The van der Waals surface area contributed by atoms with Gasteiger partial charge in [-0.05, 0) is 19.1 Å². The van der Waals surface area contributed by atoms with Gasteiger partial charge in [-0.3, -0.25) is 13.9 Å². The first-order chi connectivity index (χ1) is 19.2. The molecule has 0 saturated carbocycles. The van der Waals surface area contributed by atoms with Gasteiger partial charge in [-0.25, -0.2) is 9.59 Å². The quantitative estimate of drug-likeness (QED) is 0.252. The average molecular weight is 560 g/mol. The number of alkyl halides is 3. The number of nitrogens with zero attached hydrogens (tertiary/aromatic N) is 5. The lowest BCUT2D eigenvalue weighted by molar-refractivity contribution is -0.204. The molecule has 2 N–H and O–H groups in total. The lowest BCUT2D eigenvalue weighted by Crippen LogP contribution is -2.44. The lowest BCUT2D eigenvalue weighted by atomic mass is 10.2. The molecule has 210 valence electrons. The van der Waals surface area contributed by atoms with Crippen molar-refractivity contribution in [1.82, 2.24) is 29.9 Å². The number of fused-ring (bicyclic) bond motifs is 1. The molecule has 40 heavy (non-hydrogen) atoms. The van der Waals surface area contributed by atoms with Gasteiger partial charge in [0.2, 0.25) is 0 Å². The number of ether oxygens (including phenoxy) is 1. The van der Waals surface area contributed by atoms with E-state index in [2.05, 4.69) is 38.5 Å². The van der Waals surface area contributed by atoms with Crippen LogP contribution in [-0.2, 0) is 22.7 Å². The number of hydroxylamine groups is 1. The van der Waals surface area contributed by atoms with Crippen molar-refractivity contribution < 1.29 is 32.3 Å². The minimum atomic E-state index is -5.30. The predicted octanol–water partition coefficient (Wildman–Crippen LogP) is 1.75. The molecule has 4 rings (SSSR count). The number of para-hydroxylation sites is 1. The van der Waals surface area contributed by atoms with Crippen LogP contribution in [-0.4, -0.2) is 63.3 Å². The molecule has 1 aromatic carbocycles. The molecule has 12 nitrogen and oxygen atoms in total. The number of rotatable bonds is 7. The number of hydrogen-bond acceptors (Lipinski definition) is 9. The Hall–Kier alpha value is -4.84. The van der Waals surface area contributed by atoms with E-state index in [-0.39, 0.29) is 41.7 Å². The van der Waals surface area contributed by atoms with E-state index in [1.54, 1.807) is 6.92 Å². The maximum Gasteiger partial charge on any atom is 0.493 e. The number of benzene rings is 1. The summed E-state index contributed by atoms with van der Waals surface area (Å²) in [6.45, 7) is 8.04. The van der Waals surface area contributed by atoms with Crippen molar-refractivity contribution in [3.63, 3.8) is 0 Å². The Balaban J connectivity index is 1.79. The summed E-state index contributed by atoms with van der Waals surface area (Å²) in [6, 6.07) is 5.31. The largest absolute Gasteiger partial charge is 0.493 e. The molecule has 0 radical (unpaired) electrons. The van der Waals surface area contributed by atoms with Crippen molar-refractivity contribution in [1.29, 1.82) is 0 Å². The highest BCUT2D eigenvalue weighted by Crippen LogP contribution is 2.30. The molecule has 15 heteroatoms. The van der Waals surface area contributed by atoms with Gasteiger partial charge in [0.1, 0.15) is 11.3 Å². The van der Waals surface area contributed by atoms with E-state index in [0.717, 1.165) is 0 Å². The van der Waals surface area contributed by atoms with Gasteiger partial charge in [0.05, 0.1) is 12.1 Å². The monoisotopic (exact) mass is 559 g/mol. The molecular weight excluding hydrogens is 535 g/mol. The zero-order valence-electron chi connectivity index (χ0n) is 21.2. The number of allylic oxidation sites excluding steroid dienone is 1. The highest BCUT2D eigenvalue weighted by molar-refractivity contribution is 5.97.